The van der Waals surface area contributed by atoms with Gasteiger partial charge < -0.3 is 5.32 Å². The van der Waals surface area contributed by atoms with Crippen LogP contribution in [0.5, 0.6) is 0 Å². The Morgan fingerprint density at radius 2 is 1.73 bits per heavy atom. The first-order valence-electron chi connectivity index (χ1n) is 3.70. The Balaban J connectivity index is 2.66. The van der Waals surface area contributed by atoms with E-state index >= 15 is 0 Å². The molecule has 0 fully saturated rings. The second kappa shape index (κ2) is 4.42. The minimum absolute atomic E-state index is 0.819. The van der Waals surface area contributed by atoms with Gasteiger partial charge in [0.1, 0.15) is 0 Å². The molecule has 0 aliphatic rings. The Kier molecular flexibility index (Phi) is 3.46. The van der Waals surface area contributed by atoms with Gasteiger partial charge in [-0.1, -0.05) is 24.3 Å². The van der Waals surface area contributed by atoms with Gasteiger partial charge in [0, 0.05) is 12.3 Å². The van der Waals surface area contributed by atoms with E-state index in [4.69, 9.17) is 0 Å². The smallest absolute Gasteiger partial charge is 0.0202 e. The van der Waals surface area contributed by atoms with Gasteiger partial charge in [-0.25, -0.2) is 0 Å². The summed E-state index contributed by atoms with van der Waals surface area (Å²) >= 11 is 4.18. The maximum Gasteiger partial charge on any atom is 0.0202 e. The minimum atomic E-state index is 0.819. The molecule has 0 aliphatic carbocycles. The number of rotatable bonds is 3. The fraction of sp³-hybridized carbons (Fsp3) is 0.333. The van der Waals surface area contributed by atoms with Gasteiger partial charge in [-0.15, -0.1) is 0 Å². The van der Waals surface area contributed by atoms with Crippen LogP contribution in [-0.2, 0) is 12.3 Å². The van der Waals surface area contributed by atoms with E-state index in [1.54, 1.807) is 0 Å². The molecule has 0 unspecified atom stereocenters. The molecule has 0 amide bonds. The van der Waals surface area contributed by atoms with Crippen LogP contribution < -0.4 is 5.32 Å². The minimum Gasteiger partial charge on any atom is -0.316 e. The van der Waals surface area contributed by atoms with Gasteiger partial charge in [0.25, 0.3) is 0 Å². The van der Waals surface area contributed by atoms with Crippen molar-refractivity contribution in [2.45, 2.75) is 12.3 Å². The summed E-state index contributed by atoms with van der Waals surface area (Å²) in [7, 11) is 1.95. The van der Waals surface area contributed by atoms with Crippen molar-refractivity contribution in [2.24, 2.45) is 0 Å². The van der Waals surface area contributed by atoms with E-state index in [0.29, 0.717) is 0 Å². The van der Waals surface area contributed by atoms with Gasteiger partial charge in [0.15, 0.2) is 0 Å². The molecule has 0 aromatic heterocycles. The average Bonchev–Trinajstić information content (AvgIpc) is 2.07. The lowest BCUT2D eigenvalue weighted by molar-refractivity contribution is 0.817. The van der Waals surface area contributed by atoms with Crippen molar-refractivity contribution in [3.8, 4) is 0 Å². The number of nitrogens with one attached hydrogen (secondary N) is 1. The molecule has 0 saturated carbocycles. The summed E-state index contributed by atoms with van der Waals surface area (Å²) in [4.78, 5) is 0. The van der Waals surface area contributed by atoms with Crippen LogP contribution in [0.3, 0.4) is 0 Å². The van der Waals surface area contributed by atoms with E-state index in [1.807, 2.05) is 7.05 Å². The summed E-state index contributed by atoms with van der Waals surface area (Å²) < 4.78 is 0. The van der Waals surface area contributed by atoms with Gasteiger partial charge in [-0.05, 0) is 18.2 Å². The Hall–Kier alpha value is -0.470. The molecule has 0 atom stereocenters. The van der Waals surface area contributed by atoms with Crippen LogP contribution in [0.4, 0.5) is 0 Å². The Bertz CT molecular complexity index is 205. The molecular formula is C9H13NS. The zero-order chi connectivity index (χ0) is 8.10. The van der Waals surface area contributed by atoms with E-state index in [-0.39, 0.29) is 0 Å². The molecule has 1 N–H and O–H groups in total. The van der Waals surface area contributed by atoms with Crippen molar-refractivity contribution in [3.63, 3.8) is 0 Å². The molecule has 0 radical (unpaired) electrons. The molecule has 0 aliphatic heterocycles. The lowest BCUT2D eigenvalue weighted by Gasteiger charge is -2.00. The number of hydrogen-bond donors (Lipinski definition) is 2. The lowest BCUT2D eigenvalue weighted by Crippen LogP contribution is -2.04. The molecule has 0 spiro atoms. The quantitative estimate of drug-likeness (QED) is 0.655. The number of hydrogen-bond acceptors (Lipinski definition) is 2. The van der Waals surface area contributed by atoms with E-state index in [2.05, 4.69) is 42.2 Å². The number of benzene rings is 1. The molecule has 0 heterocycles. The fourth-order valence-electron chi connectivity index (χ4n) is 0.967. The third kappa shape index (κ3) is 2.56. The van der Waals surface area contributed by atoms with Gasteiger partial charge in [-0.2, -0.15) is 12.6 Å². The molecule has 0 bridgehead atoms. The SMILES string of the molecule is CNCc1ccc(CS)cc1. The topological polar surface area (TPSA) is 12.0 Å². The maximum atomic E-state index is 4.18. The van der Waals surface area contributed by atoms with Crippen molar-refractivity contribution < 1.29 is 0 Å². The van der Waals surface area contributed by atoms with Crippen molar-refractivity contribution >= 4 is 12.6 Å². The third-order valence-electron chi connectivity index (χ3n) is 1.59. The monoisotopic (exact) mass is 167 g/mol. The van der Waals surface area contributed by atoms with Gasteiger partial charge in [0.05, 0.1) is 0 Å². The van der Waals surface area contributed by atoms with Crippen LogP contribution in [0.25, 0.3) is 0 Å². The molecule has 1 rings (SSSR count). The maximum absolute atomic E-state index is 4.18. The standard InChI is InChI=1S/C9H13NS/c1-10-6-8-2-4-9(7-11)5-3-8/h2-5,10-11H,6-7H2,1H3. The van der Waals surface area contributed by atoms with Gasteiger partial charge in [-0.3, -0.25) is 0 Å². The lowest BCUT2D eigenvalue weighted by atomic mass is 10.1. The van der Waals surface area contributed by atoms with E-state index in [9.17, 15) is 0 Å². The highest BCUT2D eigenvalue weighted by Crippen LogP contribution is 2.05. The summed E-state index contributed by atoms with van der Waals surface area (Å²) in [6, 6.07) is 8.48. The largest absolute Gasteiger partial charge is 0.316 e. The highest BCUT2D eigenvalue weighted by atomic mass is 32.1. The van der Waals surface area contributed by atoms with Crippen molar-refractivity contribution in [1.82, 2.24) is 5.32 Å². The second-order valence-electron chi connectivity index (χ2n) is 2.50. The van der Waals surface area contributed by atoms with Gasteiger partial charge in [0.2, 0.25) is 0 Å². The predicted molar refractivity (Wildman–Crippen MR) is 51.9 cm³/mol. The first kappa shape index (κ1) is 8.62. The molecular weight excluding hydrogens is 154 g/mol. The first-order valence-corrected chi connectivity index (χ1v) is 4.33. The number of thiol groups is 1. The Morgan fingerprint density at radius 1 is 1.18 bits per heavy atom. The van der Waals surface area contributed by atoms with Gasteiger partial charge >= 0.3 is 0 Å². The first-order chi connectivity index (χ1) is 5.36. The highest BCUT2D eigenvalue weighted by molar-refractivity contribution is 7.79. The summed E-state index contributed by atoms with van der Waals surface area (Å²) in [5.74, 6) is 0.819. The van der Waals surface area contributed by atoms with Crippen LogP contribution in [0.2, 0.25) is 0 Å². The average molecular weight is 167 g/mol. The normalized spacial score (nSPS) is 10.0. The molecule has 0 saturated heterocycles. The van der Waals surface area contributed by atoms with E-state index in [1.165, 1.54) is 11.1 Å². The third-order valence-corrected chi connectivity index (χ3v) is 1.95. The zero-order valence-electron chi connectivity index (χ0n) is 6.67. The summed E-state index contributed by atoms with van der Waals surface area (Å²) in [5, 5.41) is 3.10. The summed E-state index contributed by atoms with van der Waals surface area (Å²) in [5.41, 5.74) is 2.59. The van der Waals surface area contributed by atoms with E-state index in [0.717, 1.165) is 12.3 Å². The Morgan fingerprint density at radius 3 is 2.18 bits per heavy atom. The highest BCUT2D eigenvalue weighted by Gasteiger charge is 1.90. The second-order valence-corrected chi connectivity index (χ2v) is 2.82. The van der Waals surface area contributed by atoms with Crippen molar-refractivity contribution in [3.05, 3.63) is 35.4 Å². The molecule has 1 aromatic carbocycles. The van der Waals surface area contributed by atoms with E-state index < -0.39 is 0 Å². The summed E-state index contributed by atoms with van der Waals surface area (Å²) in [6.07, 6.45) is 0. The van der Waals surface area contributed by atoms with Crippen LogP contribution in [0.15, 0.2) is 24.3 Å². The molecule has 2 heteroatoms. The molecule has 1 aromatic rings. The van der Waals surface area contributed by atoms with Crippen molar-refractivity contribution in [2.75, 3.05) is 7.05 Å². The molecule has 60 valence electrons. The van der Waals surface area contributed by atoms with Crippen molar-refractivity contribution in [1.29, 1.82) is 0 Å². The van der Waals surface area contributed by atoms with Crippen LogP contribution in [0.1, 0.15) is 11.1 Å². The summed E-state index contributed by atoms with van der Waals surface area (Å²) in [6.45, 7) is 0.937. The molecule has 1 nitrogen and oxygen atoms in total. The Labute approximate surface area is 73.2 Å². The van der Waals surface area contributed by atoms with Crippen LogP contribution >= 0.6 is 12.6 Å². The van der Waals surface area contributed by atoms with Crippen LogP contribution in [-0.4, -0.2) is 7.05 Å². The molecule has 11 heavy (non-hydrogen) atoms. The predicted octanol–water partition coefficient (Wildman–Crippen LogP) is 1.84. The fourth-order valence-corrected chi connectivity index (χ4v) is 1.18. The zero-order valence-corrected chi connectivity index (χ0v) is 7.57. The van der Waals surface area contributed by atoms with Crippen LogP contribution in [0, 0.1) is 0 Å².